The van der Waals surface area contributed by atoms with Crippen molar-refractivity contribution in [3.05, 3.63) is 70.8 Å². The Balaban J connectivity index is 2.15. The predicted molar refractivity (Wildman–Crippen MR) is 92.5 cm³/mol. The molecule has 0 atom stereocenters. The summed E-state index contributed by atoms with van der Waals surface area (Å²) in [6.45, 7) is 8.74. The zero-order chi connectivity index (χ0) is 15.7. The van der Waals surface area contributed by atoms with Crippen molar-refractivity contribution in [3.8, 4) is 0 Å². The van der Waals surface area contributed by atoms with E-state index in [2.05, 4.69) is 79.7 Å². The fourth-order valence-electron chi connectivity index (χ4n) is 3.19. The van der Waals surface area contributed by atoms with E-state index in [0.29, 0.717) is 5.92 Å². The Bertz CT molecular complexity index is 782. The van der Waals surface area contributed by atoms with E-state index in [9.17, 15) is 0 Å². The van der Waals surface area contributed by atoms with Gasteiger partial charge in [-0.2, -0.15) is 0 Å². The Hall–Kier alpha value is -2.09. The number of rotatable bonds is 4. The van der Waals surface area contributed by atoms with E-state index in [0.717, 1.165) is 24.2 Å². The van der Waals surface area contributed by atoms with Gasteiger partial charge in [-0.25, -0.2) is 0 Å². The molecule has 0 radical (unpaired) electrons. The van der Waals surface area contributed by atoms with Gasteiger partial charge in [0, 0.05) is 18.3 Å². The first kappa shape index (κ1) is 14.8. The van der Waals surface area contributed by atoms with Crippen molar-refractivity contribution in [1.82, 2.24) is 9.38 Å². The Kier molecular flexibility index (Phi) is 4.02. The SMILES string of the molecule is Cc1cn2c(Cc3ccccc3)c(CC(C)C)cc2c(C)n1. The molecule has 0 saturated carbocycles. The Morgan fingerprint density at radius 3 is 2.50 bits per heavy atom. The molecule has 0 aliphatic rings. The molecular formula is C20H24N2. The lowest BCUT2D eigenvalue weighted by Crippen LogP contribution is -2.02. The standard InChI is InChI=1S/C20H24N2/c1-14(2)10-18-12-19-16(4)21-15(3)13-22(19)20(18)11-17-8-6-5-7-9-17/h5-9,12-14H,10-11H2,1-4H3. The van der Waals surface area contributed by atoms with E-state index < -0.39 is 0 Å². The molecule has 3 aromatic rings. The van der Waals surface area contributed by atoms with Crippen LogP contribution in [0, 0.1) is 19.8 Å². The predicted octanol–water partition coefficient (Wildman–Crippen LogP) is 4.74. The quantitative estimate of drug-likeness (QED) is 0.679. The van der Waals surface area contributed by atoms with E-state index in [1.54, 1.807) is 0 Å². The first-order valence-electron chi connectivity index (χ1n) is 8.05. The number of aryl methyl sites for hydroxylation is 2. The summed E-state index contributed by atoms with van der Waals surface area (Å²) in [5.74, 6) is 0.654. The van der Waals surface area contributed by atoms with Crippen molar-refractivity contribution >= 4 is 5.52 Å². The lowest BCUT2D eigenvalue weighted by atomic mass is 10.00. The number of fused-ring (bicyclic) bond motifs is 1. The highest BCUT2D eigenvalue weighted by Gasteiger charge is 2.14. The third kappa shape index (κ3) is 2.92. The second-order valence-corrected chi connectivity index (χ2v) is 6.60. The van der Waals surface area contributed by atoms with Crippen LogP contribution in [0.15, 0.2) is 42.6 Å². The molecule has 2 nitrogen and oxygen atoms in total. The summed E-state index contributed by atoms with van der Waals surface area (Å²) >= 11 is 0. The number of hydrogen-bond acceptors (Lipinski definition) is 1. The Labute approximate surface area is 132 Å². The van der Waals surface area contributed by atoms with Crippen molar-refractivity contribution < 1.29 is 0 Å². The molecule has 2 heteroatoms. The zero-order valence-corrected chi connectivity index (χ0v) is 13.9. The van der Waals surface area contributed by atoms with Gasteiger partial charge in [0.05, 0.1) is 16.9 Å². The molecule has 114 valence electrons. The van der Waals surface area contributed by atoms with Gasteiger partial charge in [-0.05, 0) is 43.4 Å². The van der Waals surface area contributed by atoms with Gasteiger partial charge in [0.15, 0.2) is 0 Å². The highest BCUT2D eigenvalue weighted by Crippen LogP contribution is 2.24. The third-order valence-electron chi connectivity index (χ3n) is 4.11. The summed E-state index contributed by atoms with van der Waals surface area (Å²) in [5, 5.41) is 0. The maximum atomic E-state index is 4.62. The van der Waals surface area contributed by atoms with Crippen LogP contribution in [0.1, 0.15) is 42.1 Å². The van der Waals surface area contributed by atoms with Crippen LogP contribution in [0.4, 0.5) is 0 Å². The minimum absolute atomic E-state index is 0.654. The summed E-state index contributed by atoms with van der Waals surface area (Å²) in [4.78, 5) is 4.62. The summed E-state index contributed by atoms with van der Waals surface area (Å²) in [6, 6.07) is 13.1. The van der Waals surface area contributed by atoms with Crippen molar-refractivity contribution in [2.45, 2.75) is 40.5 Å². The van der Waals surface area contributed by atoms with Crippen LogP contribution < -0.4 is 0 Å². The smallest absolute Gasteiger partial charge is 0.0669 e. The number of aromatic nitrogens is 2. The molecule has 0 fully saturated rings. The Morgan fingerprint density at radius 2 is 1.82 bits per heavy atom. The summed E-state index contributed by atoms with van der Waals surface area (Å²) < 4.78 is 2.35. The molecule has 0 bridgehead atoms. The van der Waals surface area contributed by atoms with Gasteiger partial charge < -0.3 is 4.40 Å². The first-order valence-corrected chi connectivity index (χ1v) is 8.05. The first-order chi connectivity index (χ1) is 10.5. The molecule has 0 saturated heterocycles. The van der Waals surface area contributed by atoms with Gasteiger partial charge >= 0.3 is 0 Å². The summed E-state index contributed by atoms with van der Waals surface area (Å²) in [6.07, 6.45) is 4.26. The molecule has 0 N–H and O–H groups in total. The fraction of sp³-hybridized carbons (Fsp3) is 0.350. The monoisotopic (exact) mass is 292 g/mol. The molecule has 3 rings (SSSR count). The lowest BCUT2D eigenvalue weighted by Gasteiger charge is -2.10. The minimum atomic E-state index is 0.654. The molecule has 0 aliphatic carbocycles. The highest BCUT2D eigenvalue weighted by molar-refractivity contribution is 5.58. The number of hydrogen-bond donors (Lipinski definition) is 0. The van der Waals surface area contributed by atoms with Crippen molar-refractivity contribution in [1.29, 1.82) is 0 Å². The van der Waals surface area contributed by atoms with Gasteiger partial charge in [-0.3, -0.25) is 4.98 Å². The van der Waals surface area contributed by atoms with Gasteiger partial charge in [0.2, 0.25) is 0 Å². The van der Waals surface area contributed by atoms with E-state index in [1.807, 2.05) is 0 Å². The van der Waals surface area contributed by atoms with Crippen LogP contribution in [0.3, 0.4) is 0 Å². The topological polar surface area (TPSA) is 17.3 Å². The van der Waals surface area contributed by atoms with Crippen molar-refractivity contribution in [3.63, 3.8) is 0 Å². The fourth-order valence-corrected chi connectivity index (χ4v) is 3.19. The van der Waals surface area contributed by atoms with Gasteiger partial charge in [0.1, 0.15) is 0 Å². The van der Waals surface area contributed by atoms with Crippen LogP contribution in [0.25, 0.3) is 5.52 Å². The number of benzene rings is 1. The van der Waals surface area contributed by atoms with Crippen molar-refractivity contribution in [2.75, 3.05) is 0 Å². The van der Waals surface area contributed by atoms with E-state index >= 15 is 0 Å². The van der Waals surface area contributed by atoms with Gasteiger partial charge in [-0.1, -0.05) is 44.2 Å². The molecule has 0 spiro atoms. The van der Waals surface area contributed by atoms with E-state index in [-0.39, 0.29) is 0 Å². The lowest BCUT2D eigenvalue weighted by molar-refractivity contribution is 0.643. The van der Waals surface area contributed by atoms with Crippen LogP contribution in [-0.4, -0.2) is 9.38 Å². The van der Waals surface area contributed by atoms with E-state index in [1.165, 1.54) is 22.3 Å². The molecule has 0 unspecified atom stereocenters. The average Bonchev–Trinajstić information content (AvgIpc) is 2.78. The molecule has 0 aliphatic heterocycles. The molecule has 0 amide bonds. The van der Waals surface area contributed by atoms with Gasteiger partial charge in [0.25, 0.3) is 0 Å². The maximum absolute atomic E-state index is 4.62. The normalized spacial score (nSPS) is 11.5. The molecular weight excluding hydrogens is 268 g/mol. The molecule has 2 heterocycles. The second-order valence-electron chi connectivity index (χ2n) is 6.60. The minimum Gasteiger partial charge on any atom is -0.317 e. The van der Waals surface area contributed by atoms with E-state index in [4.69, 9.17) is 0 Å². The Morgan fingerprint density at radius 1 is 1.09 bits per heavy atom. The van der Waals surface area contributed by atoms with Crippen LogP contribution in [0.2, 0.25) is 0 Å². The van der Waals surface area contributed by atoms with Gasteiger partial charge in [-0.15, -0.1) is 0 Å². The average molecular weight is 292 g/mol. The van der Waals surface area contributed by atoms with Crippen LogP contribution >= 0.6 is 0 Å². The zero-order valence-electron chi connectivity index (χ0n) is 13.9. The highest BCUT2D eigenvalue weighted by atomic mass is 14.9. The molecule has 1 aromatic carbocycles. The number of nitrogens with zero attached hydrogens (tertiary/aromatic N) is 2. The molecule has 2 aromatic heterocycles. The largest absolute Gasteiger partial charge is 0.317 e. The molecule has 22 heavy (non-hydrogen) atoms. The summed E-state index contributed by atoms with van der Waals surface area (Å²) in [7, 11) is 0. The van der Waals surface area contributed by atoms with Crippen LogP contribution in [-0.2, 0) is 12.8 Å². The van der Waals surface area contributed by atoms with Crippen molar-refractivity contribution in [2.24, 2.45) is 5.92 Å². The maximum Gasteiger partial charge on any atom is 0.0669 e. The van der Waals surface area contributed by atoms with Crippen LogP contribution in [0.5, 0.6) is 0 Å². The third-order valence-corrected chi connectivity index (χ3v) is 4.11. The second kappa shape index (κ2) is 5.96. The summed E-state index contributed by atoms with van der Waals surface area (Å²) in [5.41, 5.74) is 7.65.